The van der Waals surface area contributed by atoms with Crippen molar-refractivity contribution >= 4 is 21.8 Å². The summed E-state index contributed by atoms with van der Waals surface area (Å²) < 4.78 is 40.8. The maximum atomic E-state index is 13.6. The predicted octanol–water partition coefficient (Wildman–Crippen LogP) is 3.84. The summed E-state index contributed by atoms with van der Waals surface area (Å²) in [7, 11) is 0. The van der Waals surface area contributed by atoms with E-state index in [1.807, 2.05) is 0 Å². The summed E-state index contributed by atoms with van der Waals surface area (Å²) in [6, 6.07) is 8.15. The molecule has 0 bridgehead atoms. The molecule has 0 aromatic heterocycles. The zero-order chi connectivity index (χ0) is 15.4. The lowest BCUT2D eigenvalue weighted by atomic mass is 10.1. The van der Waals surface area contributed by atoms with Crippen molar-refractivity contribution in [3.05, 3.63) is 69.4 Å². The zero-order valence-electron chi connectivity index (χ0n) is 10.8. The van der Waals surface area contributed by atoms with Crippen LogP contribution in [0.2, 0.25) is 0 Å². The summed E-state index contributed by atoms with van der Waals surface area (Å²) in [6.45, 7) is 0.0781. The van der Waals surface area contributed by atoms with Crippen molar-refractivity contribution < 1.29 is 18.0 Å². The minimum absolute atomic E-state index is 0.0781. The molecule has 0 fully saturated rings. The van der Waals surface area contributed by atoms with Crippen LogP contribution in [0.4, 0.5) is 13.2 Å². The van der Waals surface area contributed by atoms with Crippen LogP contribution in [0.25, 0.3) is 0 Å². The van der Waals surface area contributed by atoms with Crippen LogP contribution in [0.1, 0.15) is 15.9 Å². The van der Waals surface area contributed by atoms with E-state index in [1.54, 1.807) is 18.2 Å². The highest BCUT2D eigenvalue weighted by atomic mass is 79.9. The van der Waals surface area contributed by atoms with Gasteiger partial charge in [0.2, 0.25) is 0 Å². The highest BCUT2D eigenvalue weighted by molar-refractivity contribution is 9.10. The van der Waals surface area contributed by atoms with Crippen LogP contribution in [0.5, 0.6) is 0 Å². The molecule has 0 spiro atoms. The second-order valence-electron chi connectivity index (χ2n) is 4.34. The summed E-state index contributed by atoms with van der Waals surface area (Å²) in [5.74, 6) is -3.16. The van der Waals surface area contributed by atoms with Gasteiger partial charge in [-0.15, -0.1) is 0 Å². The Morgan fingerprint density at radius 3 is 2.29 bits per heavy atom. The van der Waals surface area contributed by atoms with Crippen molar-refractivity contribution in [1.29, 1.82) is 0 Å². The van der Waals surface area contributed by atoms with Crippen molar-refractivity contribution in [2.24, 2.45) is 0 Å². The Kier molecular flexibility index (Phi) is 5.01. The number of carbonyl (C=O) groups is 1. The monoisotopic (exact) mass is 357 g/mol. The van der Waals surface area contributed by atoms with E-state index < -0.39 is 23.1 Å². The van der Waals surface area contributed by atoms with E-state index in [9.17, 15) is 18.0 Å². The van der Waals surface area contributed by atoms with Crippen molar-refractivity contribution in [3.8, 4) is 0 Å². The van der Waals surface area contributed by atoms with Crippen LogP contribution in [-0.4, -0.2) is 12.5 Å². The Morgan fingerprint density at radius 2 is 1.67 bits per heavy atom. The molecule has 0 saturated heterocycles. The number of benzene rings is 2. The van der Waals surface area contributed by atoms with E-state index >= 15 is 0 Å². The Hall–Kier alpha value is -1.82. The van der Waals surface area contributed by atoms with Crippen molar-refractivity contribution in [1.82, 2.24) is 5.32 Å². The van der Waals surface area contributed by atoms with Gasteiger partial charge in [0.05, 0.1) is 0 Å². The van der Waals surface area contributed by atoms with Crippen LogP contribution in [0, 0.1) is 17.5 Å². The summed E-state index contributed by atoms with van der Waals surface area (Å²) in [6.07, 6.45) is 0.234. The Bertz CT molecular complexity index is 653. The standard InChI is InChI=1S/C15H11BrF3NO/c16-10-7-12(18)14(13(19)8-10)15(21)20-6-5-9-3-1-2-4-11(9)17/h1-4,7-8H,5-6H2,(H,20,21). The first kappa shape index (κ1) is 15.6. The molecule has 21 heavy (non-hydrogen) atoms. The smallest absolute Gasteiger partial charge is 0.257 e. The molecule has 0 saturated carbocycles. The van der Waals surface area contributed by atoms with Gasteiger partial charge in [-0.25, -0.2) is 13.2 Å². The Labute approximate surface area is 128 Å². The van der Waals surface area contributed by atoms with Gasteiger partial charge in [0.25, 0.3) is 5.91 Å². The number of nitrogens with one attached hydrogen (secondary N) is 1. The molecule has 0 radical (unpaired) electrons. The predicted molar refractivity (Wildman–Crippen MR) is 76.5 cm³/mol. The van der Waals surface area contributed by atoms with Crippen molar-refractivity contribution in [2.75, 3.05) is 6.54 Å². The van der Waals surface area contributed by atoms with Crippen LogP contribution >= 0.6 is 15.9 Å². The molecule has 2 aromatic rings. The summed E-state index contributed by atoms with van der Waals surface area (Å²) in [5, 5.41) is 2.37. The van der Waals surface area contributed by atoms with Gasteiger partial charge in [0.15, 0.2) is 0 Å². The second-order valence-corrected chi connectivity index (χ2v) is 5.26. The average Bonchev–Trinajstić information content (AvgIpc) is 2.39. The summed E-state index contributed by atoms with van der Waals surface area (Å²) in [5.41, 5.74) is -0.221. The van der Waals surface area contributed by atoms with E-state index in [-0.39, 0.29) is 23.3 Å². The van der Waals surface area contributed by atoms with Crippen LogP contribution in [-0.2, 0) is 6.42 Å². The molecule has 6 heteroatoms. The van der Waals surface area contributed by atoms with Gasteiger partial charge in [0, 0.05) is 11.0 Å². The van der Waals surface area contributed by atoms with Gasteiger partial charge < -0.3 is 5.32 Å². The Balaban J connectivity index is 2.01. The van der Waals surface area contributed by atoms with E-state index in [1.165, 1.54) is 6.07 Å². The van der Waals surface area contributed by atoms with Gasteiger partial charge in [-0.1, -0.05) is 34.1 Å². The lowest BCUT2D eigenvalue weighted by Gasteiger charge is -2.08. The molecule has 1 amide bonds. The topological polar surface area (TPSA) is 29.1 Å². The minimum Gasteiger partial charge on any atom is -0.352 e. The zero-order valence-corrected chi connectivity index (χ0v) is 12.4. The number of amides is 1. The molecule has 0 aliphatic heterocycles. The highest BCUT2D eigenvalue weighted by Gasteiger charge is 2.18. The first-order chi connectivity index (χ1) is 9.99. The van der Waals surface area contributed by atoms with E-state index in [0.717, 1.165) is 12.1 Å². The molecule has 0 heterocycles. The third kappa shape index (κ3) is 3.85. The highest BCUT2D eigenvalue weighted by Crippen LogP contribution is 2.19. The van der Waals surface area contributed by atoms with Crippen LogP contribution < -0.4 is 5.32 Å². The molecular weight excluding hydrogens is 347 g/mol. The number of hydrogen-bond donors (Lipinski definition) is 1. The summed E-state index contributed by atoms with van der Waals surface area (Å²) >= 11 is 2.93. The molecular formula is C15H11BrF3NO. The fourth-order valence-electron chi connectivity index (χ4n) is 1.86. The molecule has 2 nitrogen and oxygen atoms in total. The quantitative estimate of drug-likeness (QED) is 0.884. The van der Waals surface area contributed by atoms with E-state index in [2.05, 4.69) is 21.2 Å². The maximum absolute atomic E-state index is 13.6. The molecule has 0 aliphatic rings. The summed E-state index contributed by atoms with van der Waals surface area (Å²) in [4.78, 5) is 11.8. The molecule has 0 aliphatic carbocycles. The van der Waals surface area contributed by atoms with Gasteiger partial charge in [-0.05, 0) is 30.2 Å². The van der Waals surface area contributed by atoms with Crippen molar-refractivity contribution in [2.45, 2.75) is 6.42 Å². The first-order valence-corrected chi connectivity index (χ1v) is 6.94. The van der Waals surface area contributed by atoms with Crippen molar-refractivity contribution in [3.63, 3.8) is 0 Å². The molecule has 1 N–H and O–H groups in total. The molecule has 0 unspecified atom stereocenters. The lowest BCUT2D eigenvalue weighted by Crippen LogP contribution is -2.27. The van der Waals surface area contributed by atoms with Gasteiger partial charge in [-0.3, -0.25) is 4.79 Å². The number of halogens is 4. The largest absolute Gasteiger partial charge is 0.352 e. The lowest BCUT2D eigenvalue weighted by molar-refractivity contribution is 0.0945. The van der Waals surface area contributed by atoms with E-state index in [4.69, 9.17) is 0 Å². The Morgan fingerprint density at radius 1 is 1.05 bits per heavy atom. The number of carbonyl (C=O) groups excluding carboxylic acids is 1. The average molecular weight is 358 g/mol. The second kappa shape index (κ2) is 6.76. The third-order valence-electron chi connectivity index (χ3n) is 2.87. The SMILES string of the molecule is O=C(NCCc1ccccc1F)c1c(F)cc(Br)cc1F. The number of rotatable bonds is 4. The molecule has 110 valence electrons. The van der Waals surface area contributed by atoms with Gasteiger partial charge in [0.1, 0.15) is 23.0 Å². The molecule has 0 atom stereocenters. The van der Waals surface area contributed by atoms with Crippen LogP contribution in [0.15, 0.2) is 40.9 Å². The van der Waals surface area contributed by atoms with Gasteiger partial charge >= 0.3 is 0 Å². The number of hydrogen-bond acceptors (Lipinski definition) is 1. The fraction of sp³-hybridized carbons (Fsp3) is 0.133. The van der Waals surface area contributed by atoms with E-state index in [0.29, 0.717) is 5.56 Å². The first-order valence-electron chi connectivity index (χ1n) is 6.15. The van der Waals surface area contributed by atoms with Gasteiger partial charge in [-0.2, -0.15) is 0 Å². The third-order valence-corrected chi connectivity index (χ3v) is 3.33. The van der Waals surface area contributed by atoms with Crippen LogP contribution in [0.3, 0.4) is 0 Å². The normalized spacial score (nSPS) is 10.5. The minimum atomic E-state index is -0.953. The molecule has 2 rings (SSSR count). The molecule has 2 aromatic carbocycles. The maximum Gasteiger partial charge on any atom is 0.257 e. The fourth-order valence-corrected chi connectivity index (χ4v) is 2.26.